The Labute approximate surface area is 195 Å². The number of nitrogens with one attached hydrogen (secondary N) is 4. The second kappa shape index (κ2) is 14.0. The molecule has 0 amide bonds. The fourth-order valence-electron chi connectivity index (χ4n) is 4.90. The van der Waals surface area contributed by atoms with Crippen LogP contribution in [0.1, 0.15) is 57.4 Å². The van der Waals surface area contributed by atoms with Crippen molar-refractivity contribution < 1.29 is 4.74 Å². The molecule has 0 saturated carbocycles. The molecule has 2 heterocycles. The van der Waals surface area contributed by atoms with Crippen LogP contribution in [-0.4, -0.2) is 75.7 Å². The van der Waals surface area contributed by atoms with Crippen molar-refractivity contribution >= 4 is 5.69 Å². The van der Waals surface area contributed by atoms with Crippen molar-refractivity contribution in [2.24, 2.45) is 0 Å². The van der Waals surface area contributed by atoms with E-state index in [2.05, 4.69) is 63.2 Å². The van der Waals surface area contributed by atoms with E-state index >= 15 is 0 Å². The van der Waals surface area contributed by atoms with Crippen LogP contribution in [0.15, 0.2) is 18.2 Å². The molecular weight excluding hydrogens is 400 g/mol. The highest BCUT2D eigenvalue weighted by molar-refractivity contribution is 5.51. The maximum atomic E-state index is 5.64. The van der Waals surface area contributed by atoms with E-state index in [1.54, 1.807) is 7.11 Å². The summed E-state index contributed by atoms with van der Waals surface area (Å²) in [5.41, 5.74) is 2.34. The Morgan fingerprint density at radius 1 is 1.12 bits per heavy atom. The first kappa shape index (κ1) is 25.2. The van der Waals surface area contributed by atoms with Crippen molar-refractivity contribution in [1.82, 2.24) is 25.8 Å². The van der Waals surface area contributed by atoms with E-state index in [9.17, 15) is 0 Å². The molecule has 2 atom stereocenters. The minimum absolute atomic E-state index is 0.132. The van der Waals surface area contributed by atoms with Crippen molar-refractivity contribution in [3.63, 3.8) is 0 Å². The molecule has 32 heavy (non-hydrogen) atoms. The van der Waals surface area contributed by atoms with Crippen molar-refractivity contribution in [3.05, 3.63) is 23.8 Å². The van der Waals surface area contributed by atoms with E-state index in [-0.39, 0.29) is 6.29 Å². The van der Waals surface area contributed by atoms with Gasteiger partial charge >= 0.3 is 0 Å². The predicted molar refractivity (Wildman–Crippen MR) is 134 cm³/mol. The van der Waals surface area contributed by atoms with Gasteiger partial charge in [0.2, 0.25) is 0 Å². The quantitative estimate of drug-likeness (QED) is 0.328. The van der Waals surface area contributed by atoms with Crippen molar-refractivity contribution in [2.75, 3.05) is 58.7 Å². The highest BCUT2D eigenvalue weighted by atomic mass is 16.5. The molecule has 4 N–H and O–H groups in total. The summed E-state index contributed by atoms with van der Waals surface area (Å²) >= 11 is 0. The number of hydrogen-bond donors (Lipinski definition) is 4. The summed E-state index contributed by atoms with van der Waals surface area (Å²) < 4.78 is 5.64. The molecular formula is C25H46N6O. The molecule has 2 unspecified atom stereocenters. The molecule has 7 heteroatoms. The molecule has 2 saturated heterocycles. The van der Waals surface area contributed by atoms with Gasteiger partial charge in [0.1, 0.15) is 12.0 Å². The van der Waals surface area contributed by atoms with E-state index in [0.29, 0.717) is 6.17 Å². The van der Waals surface area contributed by atoms with E-state index in [4.69, 9.17) is 4.74 Å². The smallest absolute Gasteiger partial charge is 0.136 e. The molecule has 1 aromatic rings. The van der Waals surface area contributed by atoms with Crippen LogP contribution in [-0.2, 0) is 6.54 Å². The Kier molecular flexibility index (Phi) is 11.1. The molecule has 2 aliphatic heterocycles. The highest BCUT2D eigenvalue weighted by Crippen LogP contribution is 2.24. The molecule has 0 aliphatic carbocycles. The average molecular weight is 447 g/mol. The number of hydrogen-bond acceptors (Lipinski definition) is 7. The minimum Gasteiger partial charge on any atom is -0.496 e. The molecule has 1 aromatic carbocycles. The van der Waals surface area contributed by atoms with Gasteiger partial charge in [-0.25, -0.2) is 0 Å². The molecule has 3 rings (SSSR count). The van der Waals surface area contributed by atoms with Crippen LogP contribution < -0.4 is 26.0 Å². The molecule has 182 valence electrons. The van der Waals surface area contributed by atoms with Crippen molar-refractivity contribution in [2.45, 2.75) is 70.9 Å². The van der Waals surface area contributed by atoms with E-state index in [0.717, 1.165) is 50.6 Å². The van der Waals surface area contributed by atoms with Crippen LogP contribution in [0.3, 0.4) is 0 Å². The maximum absolute atomic E-state index is 5.64. The van der Waals surface area contributed by atoms with Gasteiger partial charge < -0.3 is 25.6 Å². The monoisotopic (exact) mass is 446 g/mol. The molecule has 0 spiro atoms. The SMILES string of the molecule is CCCCCCN1C(NC)CCNC1Nc1ccc(OC)c(CNCCN2CCCC2)c1. The number of ether oxygens (including phenoxy) is 1. The zero-order valence-electron chi connectivity index (χ0n) is 20.6. The van der Waals surface area contributed by atoms with Gasteiger partial charge in [-0.1, -0.05) is 26.2 Å². The van der Waals surface area contributed by atoms with Gasteiger partial charge in [-0.15, -0.1) is 0 Å². The number of methoxy groups -OCH3 is 1. The first-order valence-corrected chi connectivity index (χ1v) is 12.8. The topological polar surface area (TPSA) is 63.8 Å². The van der Waals surface area contributed by atoms with Gasteiger partial charge in [-0.05, 0) is 64.0 Å². The minimum atomic E-state index is 0.132. The fourth-order valence-corrected chi connectivity index (χ4v) is 4.90. The second-order valence-corrected chi connectivity index (χ2v) is 9.14. The van der Waals surface area contributed by atoms with E-state index in [1.807, 2.05) is 0 Å². The lowest BCUT2D eigenvalue weighted by Crippen LogP contribution is -2.63. The van der Waals surface area contributed by atoms with Crippen molar-refractivity contribution in [3.8, 4) is 5.75 Å². The highest BCUT2D eigenvalue weighted by Gasteiger charge is 2.28. The Morgan fingerprint density at radius 3 is 2.72 bits per heavy atom. The summed E-state index contributed by atoms with van der Waals surface area (Å²) in [5, 5.41) is 14.5. The third-order valence-corrected chi connectivity index (χ3v) is 6.79. The van der Waals surface area contributed by atoms with Gasteiger partial charge in [0, 0.05) is 44.0 Å². The van der Waals surface area contributed by atoms with Gasteiger partial charge in [0.25, 0.3) is 0 Å². The first-order chi connectivity index (χ1) is 15.7. The third kappa shape index (κ3) is 7.59. The number of rotatable bonds is 14. The summed E-state index contributed by atoms with van der Waals surface area (Å²) in [4.78, 5) is 5.08. The Bertz CT molecular complexity index is 651. The zero-order valence-corrected chi connectivity index (χ0v) is 20.6. The maximum Gasteiger partial charge on any atom is 0.136 e. The number of unbranched alkanes of at least 4 members (excludes halogenated alkanes) is 3. The lowest BCUT2D eigenvalue weighted by Gasteiger charge is -2.43. The Balaban J connectivity index is 1.57. The predicted octanol–water partition coefficient (Wildman–Crippen LogP) is 3.00. The van der Waals surface area contributed by atoms with Gasteiger partial charge in [-0.2, -0.15) is 0 Å². The van der Waals surface area contributed by atoms with Gasteiger partial charge in [-0.3, -0.25) is 10.2 Å². The molecule has 0 aromatic heterocycles. The number of likely N-dealkylation sites (tertiary alicyclic amines) is 1. The third-order valence-electron chi connectivity index (χ3n) is 6.79. The second-order valence-electron chi connectivity index (χ2n) is 9.14. The molecule has 7 nitrogen and oxygen atoms in total. The number of benzene rings is 1. The summed E-state index contributed by atoms with van der Waals surface area (Å²) in [5.74, 6) is 0.949. The number of anilines is 1. The lowest BCUT2D eigenvalue weighted by atomic mass is 10.1. The van der Waals surface area contributed by atoms with Crippen LogP contribution in [0.2, 0.25) is 0 Å². The van der Waals surface area contributed by atoms with Gasteiger partial charge in [0.15, 0.2) is 0 Å². The van der Waals surface area contributed by atoms with Crippen LogP contribution >= 0.6 is 0 Å². The summed E-state index contributed by atoms with van der Waals surface area (Å²) in [7, 11) is 3.83. The first-order valence-electron chi connectivity index (χ1n) is 12.8. The Hall–Kier alpha value is -1.38. The molecule has 2 fully saturated rings. The Morgan fingerprint density at radius 2 is 1.97 bits per heavy atom. The lowest BCUT2D eigenvalue weighted by molar-refractivity contribution is 0.0678. The van der Waals surface area contributed by atoms with E-state index < -0.39 is 0 Å². The standard InChI is InChI=1S/C25H46N6O/c1-4-5-6-7-17-31-24(26-2)12-13-28-25(31)29-22-10-11-23(32-3)21(19-22)20-27-14-18-30-15-8-9-16-30/h10-11,19,24-29H,4-9,12-18,20H2,1-3H3. The normalized spacial score (nSPS) is 22.3. The molecule has 0 radical (unpaired) electrons. The molecule has 2 aliphatic rings. The van der Waals surface area contributed by atoms with Crippen LogP contribution in [0.5, 0.6) is 5.75 Å². The van der Waals surface area contributed by atoms with Crippen LogP contribution in [0.4, 0.5) is 5.69 Å². The van der Waals surface area contributed by atoms with Crippen molar-refractivity contribution in [1.29, 1.82) is 0 Å². The molecule has 0 bridgehead atoms. The van der Waals surface area contributed by atoms with Gasteiger partial charge in [0.05, 0.1) is 13.3 Å². The number of nitrogens with zero attached hydrogens (tertiary/aromatic N) is 2. The summed E-state index contributed by atoms with van der Waals surface area (Å²) in [6.07, 6.45) is 9.48. The van der Waals surface area contributed by atoms with E-state index in [1.165, 1.54) is 57.2 Å². The largest absolute Gasteiger partial charge is 0.496 e. The zero-order chi connectivity index (χ0) is 22.6. The summed E-state index contributed by atoms with van der Waals surface area (Å²) in [6, 6.07) is 6.46. The average Bonchev–Trinajstić information content (AvgIpc) is 3.34. The fraction of sp³-hybridized carbons (Fsp3) is 0.760. The van der Waals surface area contributed by atoms with Crippen LogP contribution in [0, 0.1) is 0 Å². The summed E-state index contributed by atoms with van der Waals surface area (Å²) in [6.45, 7) is 9.84. The van der Waals surface area contributed by atoms with Crippen LogP contribution in [0.25, 0.3) is 0 Å².